The molecule has 0 aromatic carbocycles. The molecule has 0 aliphatic heterocycles. The molecule has 0 saturated heterocycles. The Morgan fingerprint density at radius 3 is 2.56 bits per heavy atom. The summed E-state index contributed by atoms with van der Waals surface area (Å²) in [5.41, 5.74) is 1.95. The molecule has 2 aromatic rings. The van der Waals surface area contributed by atoms with Gasteiger partial charge in [-0.1, -0.05) is 0 Å². The van der Waals surface area contributed by atoms with Crippen molar-refractivity contribution in [2.24, 2.45) is 23.2 Å². The Hall–Kier alpha value is -2.17. The van der Waals surface area contributed by atoms with Crippen molar-refractivity contribution < 1.29 is 9.59 Å². The fourth-order valence-electron chi connectivity index (χ4n) is 6.15. The molecule has 25 heavy (non-hydrogen) atoms. The first-order valence-corrected chi connectivity index (χ1v) is 9.36. The minimum Gasteiger partial charge on any atom is -0.351 e. The van der Waals surface area contributed by atoms with Crippen LogP contribution in [0.1, 0.15) is 59.4 Å². The van der Waals surface area contributed by atoms with Gasteiger partial charge in [0.2, 0.25) is 0 Å². The number of hydrogen-bond acceptors (Lipinski definition) is 3. The van der Waals surface area contributed by atoms with Gasteiger partial charge in [0.15, 0.2) is 6.29 Å². The zero-order valence-corrected chi connectivity index (χ0v) is 14.3. The van der Waals surface area contributed by atoms with Gasteiger partial charge in [-0.3, -0.25) is 9.59 Å². The molecule has 4 fully saturated rings. The van der Waals surface area contributed by atoms with Crippen LogP contribution in [-0.2, 0) is 0 Å². The van der Waals surface area contributed by atoms with Crippen molar-refractivity contribution in [3.8, 4) is 0 Å². The predicted octanol–water partition coefficient (Wildman–Crippen LogP) is 3.09. The van der Waals surface area contributed by atoms with Crippen LogP contribution in [-0.4, -0.2) is 28.4 Å². The van der Waals surface area contributed by atoms with Gasteiger partial charge in [0, 0.05) is 12.7 Å². The van der Waals surface area contributed by atoms with Gasteiger partial charge in [0.05, 0.1) is 11.1 Å². The van der Waals surface area contributed by atoms with E-state index in [-0.39, 0.29) is 5.91 Å². The van der Waals surface area contributed by atoms with Crippen molar-refractivity contribution in [3.63, 3.8) is 0 Å². The Bertz CT molecular complexity index is 818. The van der Waals surface area contributed by atoms with E-state index in [0.29, 0.717) is 28.5 Å². The topological polar surface area (TPSA) is 63.5 Å². The molecule has 0 atom stereocenters. The van der Waals surface area contributed by atoms with Gasteiger partial charge in [-0.05, 0) is 79.9 Å². The van der Waals surface area contributed by atoms with Crippen LogP contribution >= 0.6 is 0 Å². The van der Waals surface area contributed by atoms with Crippen molar-refractivity contribution in [3.05, 3.63) is 35.7 Å². The molecule has 0 spiro atoms. The second kappa shape index (κ2) is 5.41. The van der Waals surface area contributed by atoms with Crippen molar-refractivity contribution >= 4 is 17.7 Å². The molecule has 4 saturated carbocycles. The second-order valence-electron chi connectivity index (χ2n) is 8.54. The molecule has 4 bridgehead atoms. The Morgan fingerprint density at radius 1 is 1.24 bits per heavy atom. The summed E-state index contributed by atoms with van der Waals surface area (Å²) in [6.45, 7) is 0.783. The van der Waals surface area contributed by atoms with Gasteiger partial charge in [0.1, 0.15) is 5.69 Å². The standard InChI is InChI=1S/C20H23N3O2/c24-11-16-7-18-17(2-1-3-23(18)22-16)19(25)21-12-20-8-13-4-14(9-20)6-15(5-13)10-20/h1-3,7,11,13-15H,4-6,8-10,12H2,(H,21,25). The molecular weight excluding hydrogens is 314 g/mol. The molecule has 4 aliphatic carbocycles. The van der Waals surface area contributed by atoms with Gasteiger partial charge in [-0.15, -0.1) is 0 Å². The fourth-order valence-corrected chi connectivity index (χ4v) is 6.15. The molecular formula is C20H23N3O2. The summed E-state index contributed by atoms with van der Waals surface area (Å²) < 4.78 is 1.60. The molecule has 2 aromatic heterocycles. The first kappa shape index (κ1) is 15.1. The molecule has 1 N–H and O–H groups in total. The highest BCUT2D eigenvalue weighted by atomic mass is 16.1. The van der Waals surface area contributed by atoms with Crippen molar-refractivity contribution in [1.82, 2.24) is 14.9 Å². The first-order chi connectivity index (χ1) is 12.1. The van der Waals surface area contributed by atoms with Crippen molar-refractivity contribution in [1.29, 1.82) is 0 Å². The summed E-state index contributed by atoms with van der Waals surface area (Å²) in [5.74, 6) is 2.60. The molecule has 1 amide bonds. The van der Waals surface area contributed by atoms with E-state index in [1.807, 2.05) is 0 Å². The monoisotopic (exact) mass is 337 g/mol. The lowest BCUT2D eigenvalue weighted by Crippen LogP contribution is -2.51. The Labute approximate surface area is 146 Å². The highest BCUT2D eigenvalue weighted by Crippen LogP contribution is 2.59. The molecule has 0 radical (unpaired) electrons. The van der Waals surface area contributed by atoms with E-state index in [1.165, 1.54) is 38.5 Å². The average molecular weight is 337 g/mol. The quantitative estimate of drug-likeness (QED) is 0.872. The van der Waals surface area contributed by atoms with Crippen molar-refractivity contribution in [2.45, 2.75) is 38.5 Å². The van der Waals surface area contributed by atoms with Crippen LogP contribution in [0.3, 0.4) is 0 Å². The van der Waals surface area contributed by atoms with Gasteiger partial charge in [-0.2, -0.15) is 5.10 Å². The average Bonchev–Trinajstić information content (AvgIpc) is 3.02. The SMILES string of the molecule is O=Cc1cc2c(C(=O)NCC34CC5CC(CC(C5)C3)C4)cccn2n1. The lowest BCUT2D eigenvalue weighted by molar-refractivity contribution is -0.0503. The largest absolute Gasteiger partial charge is 0.351 e. The summed E-state index contributed by atoms with van der Waals surface area (Å²) in [6.07, 6.45) is 10.6. The summed E-state index contributed by atoms with van der Waals surface area (Å²) in [4.78, 5) is 23.8. The van der Waals surface area contributed by atoms with E-state index >= 15 is 0 Å². The zero-order chi connectivity index (χ0) is 17.0. The number of fused-ring (bicyclic) bond motifs is 1. The van der Waals surface area contributed by atoms with E-state index in [4.69, 9.17) is 0 Å². The van der Waals surface area contributed by atoms with Crippen LogP contribution in [0.25, 0.3) is 5.52 Å². The third kappa shape index (κ3) is 2.48. The number of carbonyl (C=O) groups is 2. The van der Waals surface area contributed by atoms with E-state index in [0.717, 1.165) is 24.3 Å². The van der Waals surface area contributed by atoms with Crippen LogP contribution in [0.2, 0.25) is 0 Å². The fraction of sp³-hybridized carbons (Fsp3) is 0.550. The third-order valence-electron chi connectivity index (χ3n) is 6.68. The maximum atomic E-state index is 12.8. The van der Waals surface area contributed by atoms with E-state index in [1.54, 1.807) is 28.9 Å². The van der Waals surface area contributed by atoms with Crippen LogP contribution in [0, 0.1) is 23.2 Å². The number of aromatic nitrogens is 2. The minimum atomic E-state index is -0.0568. The first-order valence-electron chi connectivity index (χ1n) is 9.36. The van der Waals surface area contributed by atoms with Crippen LogP contribution in [0.4, 0.5) is 0 Å². The van der Waals surface area contributed by atoms with E-state index in [9.17, 15) is 9.59 Å². The summed E-state index contributed by atoms with van der Waals surface area (Å²) >= 11 is 0. The Balaban J connectivity index is 1.36. The third-order valence-corrected chi connectivity index (χ3v) is 6.68. The number of aldehydes is 1. The Kier molecular flexibility index (Phi) is 3.27. The molecule has 0 unspecified atom stereocenters. The predicted molar refractivity (Wildman–Crippen MR) is 93.5 cm³/mol. The Morgan fingerprint density at radius 2 is 1.92 bits per heavy atom. The van der Waals surface area contributed by atoms with Crippen molar-refractivity contribution in [2.75, 3.05) is 6.54 Å². The van der Waals surface area contributed by atoms with Gasteiger partial charge in [-0.25, -0.2) is 4.52 Å². The van der Waals surface area contributed by atoms with E-state index in [2.05, 4.69) is 10.4 Å². The molecule has 130 valence electrons. The smallest absolute Gasteiger partial charge is 0.253 e. The number of amides is 1. The summed E-state index contributed by atoms with van der Waals surface area (Å²) in [5, 5.41) is 7.36. The maximum Gasteiger partial charge on any atom is 0.253 e. The molecule has 5 nitrogen and oxygen atoms in total. The van der Waals surface area contributed by atoms with Crippen LogP contribution in [0.15, 0.2) is 24.4 Å². The minimum absolute atomic E-state index is 0.0568. The highest BCUT2D eigenvalue weighted by Gasteiger charge is 2.50. The summed E-state index contributed by atoms with van der Waals surface area (Å²) in [7, 11) is 0. The van der Waals surface area contributed by atoms with E-state index < -0.39 is 0 Å². The summed E-state index contributed by atoms with van der Waals surface area (Å²) in [6, 6.07) is 5.28. The maximum absolute atomic E-state index is 12.8. The molecule has 2 heterocycles. The van der Waals surface area contributed by atoms with Gasteiger partial charge in [0.25, 0.3) is 5.91 Å². The zero-order valence-electron chi connectivity index (χ0n) is 14.3. The molecule has 5 heteroatoms. The number of nitrogens with zero attached hydrogens (tertiary/aromatic N) is 2. The second-order valence-corrected chi connectivity index (χ2v) is 8.54. The number of hydrogen-bond donors (Lipinski definition) is 1. The number of pyridine rings is 1. The lowest BCUT2D eigenvalue weighted by atomic mass is 9.49. The normalized spacial score (nSPS) is 32.9. The van der Waals surface area contributed by atoms with Crippen LogP contribution < -0.4 is 5.32 Å². The highest BCUT2D eigenvalue weighted by molar-refractivity contribution is 6.01. The number of rotatable bonds is 4. The lowest BCUT2D eigenvalue weighted by Gasteiger charge is -2.56. The van der Waals surface area contributed by atoms with Crippen LogP contribution in [0.5, 0.6) is 0 Å². The number of carbonyl (C=O) groups excluding carboxylic acids is 2. The number of nitrogens with one attached hydrogen (secondary N) is 1. The van der Waals surface area contributed by atoms with Gasteiger partial charge < -0.3 is 5.32 Å². The van der Waals surface area contributed by atoms with Gasteiger partial charge >= 0.3 is 0 Å². The molecule has 6 rings (SSSR count). The molecule has 4 aliphatic rings.